The van der Waals surface area contributed by atoms with Crippen molar-refractivity contribution < 1.29 is 28.5 Å². The van der Waals surface area contributed by atoms with Gasteiger partial charge in [0.05, 0.1) is 32.8 Å². The molecule has 1 heterocycles. The highest BCUT2D eigenvalue weighted by Gasteiger charge is 2.44. The molecule has 0 fully saturated rings. The fourth-order valence-electron chi connectivity index (χ4n) is 4.78. The van der Waals surface area contributed by atoms with Crippen LogP contribution >= 0.6 is 11.8 Å². The molecule has 1 aromatic carbocycles. The molecule has 1 atom stereocenters. The summed E-state index contributed by atoms with van der Waals surface area (Å²) >= 11 is 1.71. The summed E-state index contributed by atoms with van der Waals surface area (Å²) in [6.07, 6.45) is 1.10. The molecule has 1 aliphatic heterocycles. The number of carbonyl (C=O) groups is 2. The zero-order chi connectivity index (χ0) is 25.0. The molecule has 8 heteroatoms. The van der Waals surface area contributed by atoms with E-state index in [0.717, 1.165) is 11.4 Å². The number of esters is 1. The Morgan fingerprint density at radius 2 is 1.82 bits per heavy atom. The van der Waals surface area contributed by atoms with E-state index in [1.54, 1.807) is 32.0 Å². The maximum Gasteiger partial charge on any atom is 0.336 e. The van der Waals surface area contributed by atoms with Crippen LogP contribution in [-0.2, 0) is 14.3 Å². The standard InChI is InChI=1S/C26H35NO6S/c1-8-34-12-11-33-25(29)20-15(2)27-17-13-26(3,4)14-18(28)22(17)21(20)16-9-10-19(30-5)24(32-7)23(16)31-6/h9-10,21,27H,8,11-14H2,1-7H3/t21-/m1/s1. The number of thioether (sulfide) groups is 1. The van der Waals surface area contributed by atoms with Gasteiger partial charge in [0, 0.05) is 34.7 Å². The summed E-state index contributed by atoms with van der Waals surface area (Å²) in [7, 11) is 4.63. The van der Waals surface area contributed by atoms with E-state index in [9.17, 15) is 9.59 Å². The summed E-state index contributed by atoms with van der Waals surface area (Å²) in [6, 6.07) is 3.60. The zero-order valence-electron chi connectivity index (χ0n) is 21.1. The molecule has 1 aliphatic carbocycles. The lowest BCUT2D eigenvalue weighted by molar-refractivity contribution is -0.138. The van der Waals surface area contributed by atoms with Gasteiger partial charge in [-0.1, -0.05) is 26.8 Å². The van der Waals surface area contributed by atoms with Crippen molar-refractivity contribution in [1.29, 1.82) is 0 Å². The lowest BCUT2D eigenvalue weighted by Crippen LogP contribution is -2.38. The minimum absolute atomic E-state index is 0.0138. The van der Waals surface area contributed by atoms with Crippen molar-refractivity contribution in [2.75, 3.05) is 39.4 Å². The summed E-state index contributed by atoms with van der Waals surface area (Å²) in [5.74, 6) is 1.95. The minimum Gasteiger partial charge on any atom is -0.493 e. The van der Waals surface area contributed by atoms with Crippen LogP contribution in [0.5, 0.6) is 17.2 Å². The van der Waals surface area contributed by atoms with Gasteiger partial charge in [-0.3, -0.25) is 4.79 Å². The number of ether oxygens (including phenoxy) is 4. The van der Waals surface area contributed by atoms with Crippen molar-refractivity contribution in [1.82, 2.24) is 5.32 Å². The van der Waals surface area contributed by atoms with Crippen molar-refractivity contribution >= 4 is 23.5 Å². The molecular formula is C26H35NO6S. The van der Waals surface area contributed by atoms with Gasteiger partial charge in [0.15, 0.2) is 17.3 Å². The molecule has 0 saturated carbocycles. The van der Waals surface area contributed by atoms with Crippen molar-refractivity contribution in [3.8, 4) is 17.2 Å². The van der Waals surface area contributed by atoms with Gasteiger partial charge in [0.25, 0.3) is 0 Å². The fourth-order valence-corrected chi connectivity index (χ4v) is 5.27. The topological polar surface area (TPSA) is 83.1 Å². The third kappa shape index (κ3) is 5.06. The third-order valence-corrected chi connectivity index (χ3v) is 7.03. The van der Waals surface area contributed by atoms with Crippen LogP contribution in [0, 0.1) is 5.41 Å². The fraction of sp³-hybridized carbons (Fsp3) is 0.538. The van der Waals surface area contributed by atoms with Gasteiger partial charge >= 0.3 is 5.97 Å². The highest BCUT2D eigenvalue weighted by atomic mass is 32.2. The number of nitrogens with one attached hydrogen (secondary N) is 1. The molecule has 0 radical (unpaired) electrons. The van der Waals surface area contributed by atoms with Gasteiger partial charge in [0.2, 0.25) is 5.75 Å². The monoisotopic (exact) mass is 489 g/mol. The minimum atomic E-state index is -0.638. The van der Waals surface area contributed by atoms with E-state index in [-0.39, 0.29) is 11.2 Å². The van der Waals surface area contributed by atoms with Crippen LogP contribution in [0.2, 0.25) is 0 Å². The number of allylic oxidation sites excluding steroid dienone is 3. The van der Waals surface area contributed by atoms with Crippen LogP contribution in [0.15, 0.2) is 34.7 Å². The Morgan fingerprint density at radius 3 is 2.44 bits per heavy atom. The molecule has 186 valence electrons. The number of hydrogen-bond donors (Lipinski definition) is 1. The molecule has 0 aromatic heterocycles. The number of ketones is 1. The smallest absolute Gasteiger partial charge is 0.336 e. The van der Waals surface area contributed by atoms with E-state index in [2.05, 4.69) is 26.1 Å². The van der Waals surface area contributed by atoms with E-state index >= 15 is 0 Å². The summed E-state index contributed by atoms with van der Waals surface area (Å²) < 4.78 is 22.5. The number of benzene rings is 1. The molecule has 0 bridgehead atoms. The van der Waals surface area contributed by atoms with Crippen LogP contribution in [0.4, 0.5) is 0 Å². The number of rotatable bonds is 9. The largest absolute Gasteiger partial charge is 0.493 e. The Bertz CT molecular complexity index is 1030. The lowest BCUT2D eigenvalue weighted by atomic mass is 9.68. The Morgan fingerprint density at radius 1 is 1.12 bits per heavy atom. The summed E-state index contributed by atoms with van der Waals surface area (Å²) in [5.41, 5.74) is 3.02. The maximum absolute atomic E-state index is 13.5. The van der Waals surface area contributed by atoms with Crippen LogP contribution < -0.4 is 19.5 Å². The second-order valence-electron chi connectivity index (χ2n) is 9.19. The van der Waals surface area contributed by atoms with E-state index in [1.165, 1.54) is 7.11 Å². The first-order chi connectivity index (χ1) is 16.2. The second kappa shape index (κ2) is 10.8. The van der Waals surface area contributed by atoms with E-state index in [1.807, 2.05) is 13.0 Å². The van der Waals surface area contributed by atoms with Gasteiger partial charge < -0.3 is 24.3 Å². The first kappa shape index (κ1) is 26.0. The highest BCUT2D eigenvalue weighted by Crippen LogP contribution is 2.51. The average molecular weight is 490 g/mol. The maximum atomic E-state index is 13.5. The molecule has 2 aliphatic rings. The van der Waals surface area contributed by atoms with Gasteiger partial charge in [-0.25, -0.2) is 4.79 Å². The summed E-state index contributed by atoms with van der Waals surface area (Å²) in [6.45, 7) is 8.38. The highest BCUT2D eigenvalue weighted by molar-refractivity contribution is 7.99. The van der Waals surface area contributed by atoms with Crippen LogP contribution in [0.3, 0.4) is 0 Å². The molecule has 7 nitrogen and oxygen atoms in total. The molecule has 0 amide bonds. The van der Waals surface area contributed by atoms with Crippen LogP contribution in [-0.4, -0.2) is 51.2 Å². The molecule has 0 spiro atoms. The Labute approximate surface area is 206 Å². The Hall–Kier alpha value is -2.61. The average Bonchev–Trinajstić information content (AvgIpc) is 2.78. The lowest BCUT2D eigenvalue weighted by Gasteiger charge is -2.39. The van der Waals surface area contributed by atoms with Gasteiger partial charge in [-0.05, 0) is 30.6 Å². The number of Topliss-reactive ketones (excluding diaryl/α,β-unsaturated/α-hetero) is 1. The van der Waals surface area contributed by atoms with Crippen molar-refractivity contribution in [3.05, 3.63) is 40.2 Å². The predicted molar refractivity (Wildman–Crippen MR) is 134 cm³/mol. The van der Waals surface area contributed by atoms with E-state index < -0.39 is 11.9 Å². The van der Waals surface area contributed by atoms with Crippen molar-refractivity contribution in [2.45, 2.75) is 46.5 Å². The first-order valence-electron chi connectivity index (χ1n) is 11.5. The zero-order valence-corrected chi connectivity index (χ0v) is 21.9. The molecule has 0 unspecified atom stereocenters. The van der Waals surface area contributed by atoms with E-state index in [0.29, 0.717) is 64.9 Å². The SMILES string of the molecule is CCSCCOC(=O)C1=C(C)NC2=C(C(=O)CC(C)(C)C2)[C@@H]1c1ccc(OC)c(OC)c1OC. The predicted octanol–water partition coefficient (Wildman–Crippen LogP) is 4.61. The molecule has 1 N–H and O–H groups in total. The Kier molecular flexibility index (Phi) is 8.23. The number of methoxy groups -OCH3 is 3. The van der Waals surface area contributed by atoms with Gasteiger partial charge in [0.1, 0.15) is 6.61 Å². The normalized spacial score (nSPS) is 19.4. The molecule has 34 heavy (non-hydrogen) atoms. The number of hydrogen-bond acceptors (Lipinski definition) is 8. The molecule has 0 saturated heterocycles. The van der Waals surface area contributed by atoms with Gasteiger partial charge in [-0.2, -0.15) is 11.8 Å². The molecular weight excluding hydrogens is 454 g/mol. The van der Waals surface area contributed by atoms with Crippen LogP contribution in [0.25, 0.3) is 0 Å². The number of dihydropyridines is 1. The molecule has 3 rings (SSSR count). The van der Waals surface area contributed by atoms with Crippen molar-refractivity contribution in [2.24, 2.45) is 5.41 Å². The summed E-state index contributed by atoms with van der Waals surface area (Å²) in [5, 5.41) is 3.36. The summed E-state index contributed by atoms with van der Waals surface area (Å²) in [4.78, 5) is 26.9. The van der Waals surface area contributed by atoms with Gasteiger partial charge in [-0.15, -0.1) is 0 Å². The van der Waals surface area contributed by atoms with Crippen molar-refractivity contribution in [3.63, 3.8) is 0 Å². The second-order valence-corrected chi connectivity index (χ2v) is 10.6. The number of carbonyl (C=O) groups excluding carboxylic acids is 2. The quantitative estimate of drug-likeness (QED) is 0.398. The Balaban J connectivity index is 2.18. The third-order valence-electron chi connectivity index (χ3n) is 6.17. The van der Waals surface area contributed by atoms with Crippen LogP contribution in [0.1, 0.15) is 52.0 Å². The molecule has 1 aromatic rings. The van der Waals surface area contributed by atoms with E-state index in [4.69, 9.17) is 18.9 Å². The first-order valence-corrected chi connectivity index (χ1v) is 12.6.